The summed E-state index contributed by atoms with van der Waals surface area (Å²) in [7, 11) is 0. The van der Waals surface area contributed by atoms with Crippen molar-refractivity contribution in [2.45, 2.75) is 25.4 Å². The molecule has 0 aliphatic heterocycles. The zero-order valence-electron chi connectivity index (χ0n) is 11.5. The smallest absolute Gasteiger partial charge is 0.170 e. The number of carbonyl (C=O) groups excluding carboxylic acids is 1. The number of imidazole rings is 1. The van der Waals surface area contributed by atoms with Crippen LogP contribution in [0.4, 0.5) is 5.82 Å². The van der Waals surface area contributed by atoms with Gasteiger partial charge in [0.2, 0.25) is 0 Å². The highest BCUT2D eigenvalue weighted by atomic mass is 32.1. The van der Waals surface area contributed by atoms with Gasteiger partial charge in [0.25, 0.3) is 0 Å². The Morgan fingerprint density at radius 1 is 1.33 bits per heavy atom. The first kappa shape index (κ1) is 12.6. The first-order valence-corrected chi connectivity index (χ1v) is 7.96. The maximum Gasteiger partial charge on any atom is 0.170 e. The Morgan fingerprint density at radius 2 is 2.24 bits per heavy atom. The fourth-order valence-electron chi connectivity index (χ4n) is 2.66. The number of nitrogens with zero attached hydrogens (tertiary/aromatic N) is 3. The van der Waals surface area contributed by atoms with Crippen LogP contribution < -0.4 is 4.90 Å². The van der Waals surface area contributed by atoms with Crippen molar-refractivity contribution in [3.05, 3.63) is 52.5 Å². The number of hydrogen-bond donors (Lipinski definition) is 0. The van der Waals surface area contributed by atoms with Crippen LogP contribution in [-0.4, -0.2) is 21.7 Å². The molecular weight excluding hydrogens is 282 g/mol. The Hall–Kier alpha value is -2.14. The fourth-order valence-corrected chi connectivity index (χ4v) is 3.36. The maximum atomic E-state index is 11.6. The van der Waals surface area contributed by atoms with Gasteiger partial charge in [0, 0.05) is 17.1 Å². The molecule has 0 N–H and O–H groups in total. The molecule has 1 fully saturated rings. The van der Waals surface area contributed by atoms with E-state index in [2.05, 4.69) is 27.4 Å². The number of fused-ring (bicyclic) bond motifs is 1. The zero-order chi connectivity index (χ0) is 14.2. The van der Waals surface area contributed by atoms with Crippen molar-refractivity contribution in [1.82, 2.24) is 9.38 Å². The molecule has 3 heterocycles. The second-order valence-corrected chi connectivity index (χ2v) is 6.34. The molecule has 3 aromatic heterocycles. The average Bonchev–Trinajstić information content (AvgIpc) is 3.10. The summed E-state index contributed by atoms with van der Waals surface area (Å²) in [5.41, 5.74) is 1.47. The molecule has 4 nitrogen and oxygen atoms in total. The van der Waals surface area contributed by atoms with Gasteiger partial charge in [-0.05, 0) is 36.4 Å². The van der Waals surface area contributed by atoms with Gasteiger partial charge in [0.1, 0.15) is 11.3 Å². The lowest BCUT2D eigenvalue weighted by Crippen LogP contribution is -2.26. The van der Waals surface area contributed by atoms with E-state index in [0.717, 1.165) is 24.3 Å². The molecule has 0 spiro atoms. The van der Waals surface area contributed by atoms with Crippen molar-refractivity contribution in [1.29, 1.82) is 0 Å². The highest BCUT2D eigenvalue weighted by Crippen LogP contribution is 2.35. The summed E-state index contributed by atoms with van der Waals surface area (Å²) in [6.07, 6.45) is 5.17. The van der Waals surface area contributed by atoms with Gasteiger partial charge in [0.15, 0.2) is 12.1 Å². The molecule has 0 saturated heterocycles. The fraction of sp³-hybridized carbons (Fsp3) is 0.250. The van der Waals surface area contributed by atoms with Crippen molar-refractivity contribution in [2.24, 2.45) is 0 Å². The van der Waals surface area contributed by atoms with Crippen LogP contribution in [0.2, 0.25) is 0 Å². The van der Waals surface area contributed by atoms with E-state index in [1.807, 2.05) is 28.8 Å². The van der Waals surface area contributed by atoms with Crippen LogP contribution in [0.3, 0.4) is 0 Å². The molecule has 0 bridgehead atoms. The van der Waals surface area contributed by atoms with Crippen molar-refractivity contribution in [3.8, 4) is 0 Å². The summed E-state index contributed by atoms with van der Waals surface area (Å²) in [4.78, 5) is 19.8. The molecule has 1 aliphatic rings. The SMILES string of the molecule is O=Cc1c(N(Cc2cccs2)C2CC2)nc2ccccn12. The van der Waals surface area contributed by atoms with E-state index in [4.69, 9.17) is 0 Å². The van der Waals surface area contributed by atoms with Crippen LogP contribution >= 0.6 is 11.3 Å². The summed E-state index contributed by atoms with van der Waals surface area (Å²) in [5.74, 6) is 0.812. The van der Waals surface area contributed by atoms with Crippen molar-refractivity contribution >= 4 is 29.1 Å². The summed E-state index contributed by atoms with van der Waals surface area (Å²) in [6, 6.07) is 10.5. The summed E-state index contributed by atoms with van der Waals surface area (Å²) in [5, 5.41) is 2.09. The number of thiophene rings is 1. The average molecular weight is 297 g/mol. The van der Waals surface area contributed by atoms with E-state index < -0.39 is 0 Å². The van der Waals surface area contributed by atoms with Crippen molar-refractivity contribution in [3.63, 3.8) is 0 Å². The number of hydrogen-bond acceptors (Lipinski definition) is 4. The van der Waals surface area contributed by atoms with Crippen LogP contribution in [0, 0.1) is 0 Å². The molecule has 1 aliphatic carbocycles. The van der Waals surface area contributed by atoms with Crippen LogP contribution in [0.15, 0.2) is 41.9 Å². The molecule has 0 amide bonds. The van der Waals surface area contributed by atoms with Gasteiger partial charge in [-0.15, -0.1) is 11.3 Å². The molecule has 21 heavy (non-hydrogen) atoms. The second kappa shape index (κ2) is 5.00. The third-order valence-corrected chi connectivity index (χ3v) is 4.69. The summed E-state index contributed by atoms with van der Waals surface area (Å²) < 4.78 is 1.87. The van der Waals surface area contributed by atoms with Gasteiger partial charge < -0.3 is 4.90 Å². The van der Waals surface area contributed by atoms with Crippen LogP contribution in [0.5, 0.6) is 0 Å². The Kier molecular flexibility index (Phi) is 3.00. The van der Waals surface area contributed by atoms with Crippen LogP contribution in [0.1, 0.15) is 28.2 Å². The Morgan fingerprint density at radius 3 is 2.95 bits per heavy atom. The molecule has 106 valence electrons. The van der Waals surface area contributed by atoms with Crippen LogP contribution in [0.25, 0.3) is 5.65 Å². The largest absolute Gasteiger partial charge is 0.347 e. The predicted octanol–water partition coefficient (Wildman–Crippen LogP) is 3.38. The zero-order valence-corrected chi connectivity index (χ0v) is 12.3. The van der Waals surface area contributed by atoms with Gasteiger partial charge >= 0.3 is 0 Å². The van der Waals surface area contributed by atoms with Gasteiger partial charge in [-0.25, -0.2) is 4.98 Å². The van der Waals surface area contributed by atoms with E-state index in [9.17, 15) is 4.79 Å². The van der Waals surface area contributed by atoms with Crippen molar-refractivity contribution in [2.75, 3.05) is 4.90 Å². The first-order valence-electron chi connectivity index (χ1n) is 7.08. The van der Waals surface area contributed by atoms with E-state index in [1.165, 1.54) is 17.7 Å². The number of aromatic nitrogens is 2. The lowest BCUT2D eigenvalue weighted by Gasteiger charge is -2.21. The van der Waals surface area contributed by atoms with Crippen LogP contribution in [-0.2, 0) is 6.54 Å². The number of carbonyl (C=O) groups is 1. The minimum atomic E-state index is 0.510. The topological polar surface area (TPSA) is 37.6 Å². The molecule has 0 unspecified atom stereocenters. The Labute approximate surface area is 126 Å². The van der Waals surface area contributed by atoms with E-state index in [1.54, 1.807) is 11.3 Å². The third-order valence-electron chi connectivity index (χ3n) is 3.83. The molecular formula is C16H15N3OS. The molecule has 0 atom stereocenters. The monoisotopic (exact) mass is 297 g/mol. The minimum Gasteiger partial charge on any atom is -0.347 e. The third kappa shape index (κ3) is 2.23. The quantitative estimate of drug-likeness (QED) is 0.678. The lowest BCUT2D eigenvalue weighted by atomic mass is 10.3. The molecule has 0 radical (unpaired) electrons. The molecule has 5 heteroatoms. The molecule has 1 saturated carbocycles. The number of pyridine rings is 1. The standard InChI is InChI=1S/C16H15N3OS/c20-11-14-16(17-15-5-1-2-8-18(14)15)19(12-6-7-12)10-13-4-3-9-21-13/h1-5,8-9,11-12H,6-7,10H2. The normalized spacial score (nSPS) is 14.5. The number of anilines is 1. The van der Waals surface area contributed by atoms with Crippen molar-refractivity contribution < 1.29 is 4.79 Å². The Bertz CT molecular complexity index is 774. The van der Waals surface area contributed by atoms with E-state index in [-0.39, 0.29) is 0 Å². The highest BCUT2D eigenvalue weighted by molar-refractivity contribution is 7.09. The van der Waals surface area contributed by atoms with Gasteiger partial charge in [-0.1, -0.05) is 12.1 Å². The predicted molar refractivity (Wildman–Crippen MR) is 84.1 cm³/mol. The lowest BCUT2D eigenvalue weighted by molar-refractivity contribution is 0.111. The number of aldehydes is 1. The van der Waals surface area contributed by atoms with E-state index in [0.29, 0.717) is 11.7 Å². The van der Waals surface area contributed by atoms with Gasteiger partial charge in [-0.2, -0.15) is 0 Å². The first-order chi connectivity index (χ1) is 10.4. The van der Waals surface area contributed by atoms with E-state index >= 15 is 0 Å². The van der Waals surface area contributed by atoms with Gasteiger partial charge in [0.05, 0.1) is 6.54 Å². The van der Waals surface area contributed by atoms with Gasteiger partial charge in [-0.3, -0.25) is 9.20 Å². The highest BCUT2D eigenvalue weighted by Gasteiger charge is 2.32. The number of rotatable bonds is 5. The molecule has 3 aromatic rings. The molecule has 4 rings (SSSR count). The summed E-state index contributed by atoms with van der Waals surface area (Å²) in [6.45, 7) is 0.826. The Balaban J connectivity index is 1.80. The summed E-state index contributed by atoms with van der Waals surface area (Å²) >= 11 is 1.75. The minimum absolute atomic E-state index is 0.510. The second-order valence-electron chi connectivity index (χ2n) is 5.31. The maximum absolute atomic E-state index is 11.6. The molecule has 0 aromatic carbocycles.